The van der Waals surface area contributed by atoms with Crippen LogP contribution < -0.4 is 5.32 Å². The van der Waals surface area contributed by atoms with Crippen LogP contribution in [0.2, 0.25) is 6.32 Å². The van der Waals surface area contributed by atoms with Gasteiger partial charge in [-0.15, -0.1) is 0 Å². The Morgan fingerprint density at radius 2 is 2.38 bits per heavy atom. The molecular weight excluding hydrogens is 101 g/mol. The van der Waals surface area contributed by atoms with Gasteiger partial charge in [-0.3, -0.25) is 4.79 Å². The molecule has 0 atom stereocenters. The van der Waals surface area contributed by atoms with Crippen molar-refractivity contribution < 1.29 is 4.79 Å². The molecule has 2 nitrogen and oxygen atoms in total. The predicted molar refractivity (Wildman–Crippen MR) is 33.9 cm³/mol. The lowest BCUT2D eigenvalue weighted by Crippen LogP contribution is -2.22. The SMILES string of the molecule is [B]CC(=O)NCCC. The summed E-state index contributed by atoms with van der Waals surface area (Å²) < 4.78 is 0. The summed E-state index contributed by atoms with van der Waals surface area (Å²) in [4.78, 5) is 10.3. The van der Waals surface area contributed by atoms with Gasteiger partial charge in [0.15, 0.2) is 0 Å². The number of rotatable bonds is 3. The fourth-order valence-corrected chi connectivity index (χ4v) is 0.337. The summed E-state index contributed by atoms with van der Waals surface area (Å²) in [5.74, 6) is -0.0770. The second-order valence-electron chi connectivity index (χ2n) is 1.55. The lowest BCUT2D eigenvalue weighted by Gasteiger charge is -1.97. The number of nitrogens with one attached hydrogen (secondary N) is 1. The third kappa shape index (κ3) is 3.72. The Morgan fingerprint density at radius 1 is 1.75 bits per heavy atom. The molecule has 0 saturated heterocycles. The fourth-order valence-electron chi connectivity index (χ4n) is 0.337. The Hall–Kier alpha value is -0.465. The van der Waals surface area contributed by atoms with Crippen LogP contribution >= 0.6 is 0 Å². The van der Waals surface area contributed by atoms with E-state index in [1.807, 2.05) is 6.92 Å². The van der Waals surface area contributed by atoms with Crippen LogP contribution in [-0.4, -0.2) is 20.3 Å². The van der Waals surface area contributed by atoms with Gasteiger partial charge in [-0.05, 0) is 12.7 Å². The van der Waals surface area contributed by atoms with Crippen molar-refractivity contribution >= 4 is 13.8 Å². The molecule has 8 heavy (non-hydrogen) atoms. The Balaban J connectivity index is 2.99. The van der Waals surface area contributed by atoms with Crippen LogP contribution in [0.3, 0.4) is 0 Å². The van der Waals surface area contributed by atoms with E-state index in [1.54, 1.807) is 0 Å². The average molecular weight is 111 g/mol. The standard InChI is InChI=1S/C5H10BNO/c1-2-3-7-5(8)4-6/h2-4H2,1H3,(H,7,8). The van der Waals surface area contributed by atoms with Crippen molar-refractivity contribution in [2.45, 2.75) is 19.7 Å². The lowest BCUT2D eigenvalue weighted by atomic mass is 10.1. The van der Waals surface area contributed by atoms with Crippen LogP contribution in [0.15, 0.2) is 0 Å². The van der Waals surface area contributed by atoms with E-state index in [2.05, 4.69) is 5.32 Å². The maximum absolute atomic E-state index is 10.3. The summed E-state index contributed by atoms with van der Waals surface area (Å²) in [6.07, 6.45) is 1.06. The first-order valence-electron chi connectivity index (χ1n) is 2.78. The number of carbonyl (C=O) groups is 1. The lowest BCUT2D eigenvalue weighted by molar-refractivity contribution is -0.118. The quantitative estimate of drug-likeness (QED) is 0.514. The summed E-state index contributed by atoms with van der Waals surface area (Å²) >= 11 is 0. The first kappa shape index (κ1) is 7.53. The van der Waals surface area contributed by atoms with Gasteiger partial charge in [0, 0.05) is 6.54 Å². The molecule has 1 N–H and O–H groups in total. The van der Waals surface area contributed by atoms with Crippen LogP contribution in [-0.2, 0) is 4.79 Å². The van der Waals surface area contributed by atoms with Crippen LogP contribution in [0.4, 0.5) is 0 Å². The molecule has 44 valence electrons. The monoisotopic (exact) mass is 111 g/mol. The van der Waals surface area contributed by atoms with E-state index >= 15 is 0 Å². The van der Waals surface area contributed by atoms with E-state index < -0.39 is 0 Å². The highest BCUT2D eigenvalue weighted by Crippen LogP contribution is 1.73. The molecule has 0 saturated carbocycles. The van der Waals surface area contributed by atoms with E-state index in [1.165, 1.54) is 0 Å². The molecule has 0 rings (SSSR count). The number of hydrogen-bond donors (Lipinski definition) is 1. The van der Waals surface area contributed by atoms with Crippen molar-refractivity contribution in [3.05, 3.63) is 0 Å². The van der Waals surface area contributed by atoms with Gasteiger partial charge in [0.05, 0.1) is 7.85 Å². The summed E-state index contributed by atoms with van der Waals surface area (Å²) in [5, 5.41) is 2.62. The van der Waals surface area contributed by atoms with Crippen LogP contribution in [0.1, 0.15) is 13.3 Å². The van der Waals surface area contributed by atoms with Crippen molar-refractivity contribution in [2.75, 3.05) is 6.54 Å². The molecule has 3 heteroatoms. The summed E-state index contributed by atoms with van der Waals surface area (Å²) in [5.41, 5.74) is 0. The Kier molecular flexibility index (Phi) is 4.42. The smallest absolute Gasteiger partial charge is 0.211 e. The minimum atomic E-state index is -0.0770. The topological polar surface area (TPSA) is 29.1 Å². The molecule has 0 spiro atoms. The molecule has 0 aromatic rings. The molecule has 0 aliphatic rings. The normalized spacial score (nSPS) is 8.62. The largest absolute Gasteiger partial charge is 0.357 e. The molecule has 1 amide bonds. The van der Waals surface area contributed by atoms with Gasteiger partial charge in [0.25, 0.3) is 0 Å². The van der Waals surface area contributed by atoms with Gasteiger partial charge in [0.2, 0.25) is 5.91 Å². The van der Waals surface area contributed by atoms with Crippen molar-refractivity contribution in [2.24, 2.45) is 0 Å². The van der Waals surface area contributed by atoms with Gasteiger partial charge in [-0.2, -0.15) is 0 Å². The van der Waals surface area contributed by atoms with E-state index in [9.17, 15) is 4.79 Å². The second kappa shape index (κ2) is 4.69. The first-order valence-corrected chi connectivity index (χ1v) is 2.78. The molecule has 0 aromatic heterocycles. The van der Waals surface area contributed by atoms with Crippen LogP contribution in [0.5, 0.6) is 0 Å². The van der Waals surface area contributed by atoms with Crippen molar-refractivity contribution in [1.29, 1.82) is 0 Å². The summed E-state index contributed by atoms with van der Waals surface area (Å²) in [7, 11) is 5.00. The minimum absolute atomic E-state index is 0.0770. The van der Waals surface area contributed by atoms with Gasteiger partial charge in [-0.1, -0.05) is 6.92 Å². The Labute approximate surface area is 51.1 Å². The Bertz CT molecular complexity index is 74.8. The molecule has 0 unspecified atom stereocenters. The Morgan fingerprint density at radius 3 is 2.75 bits per heavy atom. The third-order valence-corrected chi connectivity index (χ3v) is 0.758. The molecule has 2 radical (unpaired) electrons. The van der Waals surface area contributed by atoms with Crippen molar-refractivity contribution in [1.82, 2.24) is 5.32 Å². The summed E-state index contributed by atoms with van der Waals surface area (Å²) in [6.45, 7) is 2.73. The second-order valence-corrected chi connectivity index (χ2v) is 1.55. The summed E-state index contributed by atoms with van der Waals surface area (Å²) in [6, 6.07) is 0. The molecule has 0 heterocycles. The van der Waals surface area contributed by atoms with Gasteiger partial charge >= 0.3 is 0 Å². The molecule has 0 aromatic carbocycles. The van der Waals surface area contributed by atoms with Gasteiger partial charge in [-0.25, -0.2) is 0 Å². The first-order chi connectivity index (χ1) is 3.81. The van der Waals surface area contributed by atoms with Crippen molar-refractivity contribution in [3.63, 3.8) is 0 Å². The zero-order valence-corrected chi connectivity index (χ0v) is 5.11. The number of carbonyl (C=O) groups excluding carboxylic acids is 1. The maximum atomic E-state index is 10.3. The molecule has 0 aliphatic carbocycles. The van der Waals surface area contributed by atoms with Gasteiger partial charge < -0.3 is 5.32 Å². The zero-order chi connectivity index (χ0) is 6.41. The predicted octanol–water partition coefficient (Wildman–Crippen LogP) is 0.0994. The minimum Gasteiger partial charge on any atom is -0.357 e. The highest BCUT2D eigenvalue weighted by Gasteiger charge is 1.90. The van der Waals surface area contributed by atoms with E-state index in [0.29, 0.717) is 0 Å². The number of hydrogen-bond acceptors (Lipinski definition) is 1. The maximum Gasteiger partial charge on any atom is 0.211 e. The highest BCUT2D eigenvalue weighted by atomic mass is 16.1. The van der Waals surface area contributed by atoms with Crippen LogP contribution in [0.25, 0.3) is 0 Å². The van der Waals surface area contributed by atoms with E-state index in [4.69, 9.17) is 7.85 Å². The average Bonchev–Trinajstić information content (AvgIpc) is 1.83. The molecule has 0 bridgehead atoms. The van der Waals surface area contributed by atoms with Crippen LogP contribution in [0, 0.1) is 0 Å². The highest BCUT2D eigenvalue weighted by molar-refractivity contribution is 6.19. The molecule has 0 fully saturated rings. The fraction of sp³-hybridized carbons (Fsp3) is 0.800. The van der Waals surface area contributed by atoms with E-state index in [0.717, 1.165) is 13.0 Å². The molecular formula is C5H10BNO. The van der Waals surface area contributed by atoms with Crippen molar-refractivity contribution in [3.8, 4) is 0 Å². The third-order valence-electron chi connectivity index (χ3n) is 0.758. The van der Waals surface area contributed by atoms with Gasteiger partial charge in [0.1, 0.15) is 0 Å². The molecule has 0 aliphatic heterocycles. The number of amides is 1. The zero-order valence-electron chi connectivity index (χ0n) is 5.11. The van der Waals surface area contributed by atoms with E-state index in [-0.39, 0.29) is 12.2 Å².